The summed E-state index contributed by atoms with van der Waals surface area (Å²) in [7, 11) is -3.10. The van der Waals surface area contributed by atoms with Crippen molar-refractivity contribution in [2.45, 2.75) is 75.9 Å². The number of rotatable bonds is 8. The molecule has 0 saturated heterocycles. The lowest BCUT2D eigenvalue weighted by atomic mass is 9.71. The van der Waals surface area contributed by atoms with Crippen LogP contribution in [-0.2, 0) is 10.0 Å². The lowest BCUT2D eigenvalue weighted by Crippen LogP contribution is -2.40. The van der Waals surface area contributed by atoms with Crippen LogP contribution in [0.3, 0.4) is 0 Å². The Morgan fingerprint density at radius 1 is 0.905 bits per heavy atom. The summed E-state index contributed by atoms with van der Waals surface area (Å²) in [6, 6.07) is 0. The molecular formula is C16H32N2O2S. The van der Waals surface area contributed by atoms with E-state index in [1.807, 2.05) is 0 Å². The van der Waals surface area contributed by atoms with E-state index in [1.54, 1.807) is 0 Å². The van der Waals surface area contributed by atoms with Gasteiger partial charge in [0.2, 0.25) is 10.0 Å². The van der Waals surface area contributed by atoms with Gasteiger partial charge in [0, 0.05) is 6.54 Å². The van der Waals surface area contributed by atoms with Crippen LogP contribution in [0.2, 0.25) is 0 Å². The predicted molar refractivity (Wildman–Crippen MR) is 87.5 cm³/mol. The highest BCUT2D eigenvalue weighted by Crippen LogP contribution is 2.41. The first-order valence-electron chi connectivity index (χ1n) is 8.82. The maximum atomic E-state index is 12.4. The molecule has 0 aromatic rings. The molecule has 0 radical (unpaired) electrons. The summed E-state index contributed by atoms with van der Waals surface area (Å²) < 4.78 is 27.7. The van der Waals surface area contributed by atoms with Crippen molar-refractivity contribution >= 4 is 10.0 Å². The van der Waals surface area contributed by atoms with E-state index in [0.29, 0.717) is 12.5 Å². The maximum absolute atomic E-state index is 12.4. The number of nitrogens with two attached hydrogens (primary N) is 1. The second-order valence-electron chi connectivity index (χ2n) is 6.88. The van der Waals surface area contributed by atoms with Crippen molar-refractivity contribution < 1.29 is 8.42 Å². The number of hydrogen-bond acceptors (Lipinski definition) is 3. The fourth-order valence-electron chi connectivity index (χ4n) is 4.07. The SMILES string of the molecule is NCCCCCCNS(=O)(=O)C1CCC2CCCCC2C1. The zero-order valence-corrected chi connectivity index (χ0v) is 14.0. The molecule has 2 saturated carbocycles. The van der Waals surface area contributed by atoms with E-state index in [2.05, 4.69) is 4.72 Å². The van der Waals surface area contributed by atoms with E-state index in [1.165, 1.54) is 25.7 Å². The van der Waals surface area contributed by atoms with Crippen molar-refractivity contribution in [2.75, 3.05) is 13.1 Å². The monoisotopic (exact) mass is 316 g/mol. The molecule has 124 valence electrons. The first-order valence-corrected chi connectivity index (χ1v) is 10.4. The predicted octanol–water partition coefficient (Wildman–Crippen LogP) is 2.78. The quantitative estimate of drug-likeness (QED) is 0.676. The lowest BCUT2D eigenvalue weighted by molar-refractivity contribution is 0.172. The first kappa shape index (κ1) is 17.2. The minimum absolute atomic E-state index is 0.138. The molecule has 0 aromatic heterocycles. The van der Waals surface area contributed by atoms with E-state index in [9.17, 15) is 8.42 Å². The Morgan fingerprint density at radius 2 is 1.62 bits per heavy atom. The number of nitrogens with one attached hydrogen (secondary N) is 1. The van der Waals surface area contributed by atoms with E-state index in [4.69, 9.17) is 5.73 Å². The van der Waals surface area contributed by atoms with Crippen molar-refractivity contribution in [3.63, 3.8) is 0 Å². The van der Waals surface area contributed by atoms with Gasteiger partial charge in [0.05, 0.1) is 5.25 Å². The second-order valence-corrected chi connectivity index (χ2v) is 8.93. The van der Waals surface area contributed by atoms with Gasteiger partial charge >= 0.3 is 0 Å². The standard InChI is InChI=1S/C16H32N2O2S/c17-11-5-1-2-6-12-18-21(19,20)16-10-9-14-7-3-4-8-15(14)13-16/h14-16,18H,1-13,17H2. The zero-order chi connectivity index (χ0) is 15.1. The van der Waals surface area contributed by atoms with Crippen LogP contribution in [0.1, 0.15) is 70.6 Å². The molecule has 3 unspecified atom stereocenters. The highest BCUT2D eigenvalue weighted by molar-refractivity contribution is 7.90. The summed E-state index contributed by atoms with van der Waals surface area (Å²) in [6.07, 6.45) is 12.2. The molecule has 2 rings (SSSR count). The topological polar surface area (TPSA) is 72.2 Å². The highest BCUT2D eigenvalue weighted by atomic mass is 32.2. The third-order valence-electron chi connectivity index (χ3n) is 5.36. The molecule has 0 spiro atoms. The molecule has 0 bridgehead atoms. The van der Waals surface area contributed by atoms with Crippen LogP contribution in [0.4, 0.5) is 0 Å². The molecule has 3 N–H and O–H groups in total. The van der Waals surface area contributed by atoms with Gasteiger partial charge in [-0.05, 0) is 50.5 Å². The first-order chi connectivity index (χ1) is 10.1. The van der Waals surface area contributed by atoms with Crippen molar-refractivity contribution in [3.8, 4) is 0 Å². The van der Waals surface area contributed by atoms with Gasteiger partial charge in [0.25, 0.3) is 0 Å². The minimum Gasteiger partial charge on any atom is -0.330 e. The Kier molecular flexibility index (Phi) is 6.96. The molecule has 0 heterocycles. The van der Waals surface area contributed by atoms with Crippen molar-refractivity contribution in [1.29, 1.82) is 0 Å². The fourth-order valence-corrected chi connectivity index (χ4v) is 5.68. The Morgan fingerprint density at radius 3 is 2.38 bits per heavy atom. The van der Waals surface area contributed by atoms with E-state index in [0.717, 1.165) is 57.4 Å². The van der Waals surface area contributed by atoms with Gasteiger partial charge in [-0.3, -0.25) is 0 Å². The molecule has 0 amide bonds. The van der Waals surface area contributed by atoms with Gasteiger partial charge in [-0.2, -0.15) is 0 Å². The fraction of sp³-hybridized carbons (Fsp3) is 1.00. The summed E-state index contributed by atoms with van der Waals surface area (Å²) in [4.78, 5) is 0. The third kappa shape index (κ3) is 5.22. The Bertz CT molecular complexity index is 397. The van der Waals surface area contributed by atoms with E-state index < -0.39 is 10.0 Å². The second kappa shape index (κ2) is 8.49. The molecule has 2 aliphatic carbocycles. The molecule has 21 heavy (non-hydrogen) atoms. The van der Waals surface area contributed by atoms with Gasteiger partial charge in [-0.15, -0.1) is 0 Å². The van der Waals surface area contributed by atoms with Crippen LogP contribution in [0.5, 0.6) is 0 Å². The summed E-state index contributed by atoms with van der Waals surface area (Å²) in [5.41, 5.74) is 5.45. The highest BCUT2D eigenvalue weighted by Gasteiger charge is 2.37. The van der Waals surface area contributed by atoms with Gasteiger partial charge < -0.3 is 5.73 Å². The van der Waals surface area contributed by atoms with Crippen molar-refractivity contribution in [3.05, 3.63) is 0 Å². The Hall–Kier alpha value is -0.130. The van der Waals surface area contributed by atoms with Crippen LogP contribution in [-0.4, -0.2) is 26.8 Å². The van der Waals surface area contributed by atoms with Crippen molar-refractivity contribution in [1.82, 2.24) is 4.72 Å². The smallest absolute Gasteiger partial charge is 0.214 e. The lowest BCUT2D eigenvalue weighted by Gasteiger charge is -2.38. The number of fused-ring (bicyclic) bond motifs is 1. The van der Waals surface area contributed by atoms with Crippen LogP contribution in [0.15, 0.2) is 0 Å². The number of unbranched alkanes of at least 4 members (excludes halogenated alkanes) is 3. The summed E-state index contributed by atoms with van der Waals surface area (Å²) in [5.74, 6) is 1.47. The average Bonchev–Trinajstić information content (AvgIpc) is 2.50. The number of sulfonamides is 1. The van der Waals surface area contributed by atoms with Crippen molar-refractivity contribution in [2.24, 2.45) is 17.6 Å². The third-order valence-corrected chi connectivity index (χ3v) is 7.28. The van der Waals surface area contributed by atoms with Gasteiger partial charge in [-0.25, -0.2) is 13.1 Å². The number of hydrogen-bond donors (Lipinski definition) is 2. The molecule has 2 aliphatic rings. The molecule has 4 nitrogen and oxygen atoms in total. The normalized spacial score (nSPS) is 30.0. The van der Waals surface area contributed by atoms with E-state index in [-0.39, 0.29) is 5.25 Å². The van der Waals surface area contributed by atoms with Gasteiger partial charge in [0.1, 0.15) is 0 Å². The van der Waals surface area contributed by atoms with Crippen LogP contribution in [0, 0.1) is 11.8 Å². The van der Waals surface area contributed by atoms with Gasteiger partial charge in [0.15, 0.2) is 0 Å². The summed E-state index contributed by atoms with van der Waals surface area (Å²) in [5, 5.41) is -0.138. The molecule has 2 fully saturated rings. The minimum atomic E-state index is -3.10. The molecule has 0 aromatic carbocycles. The average molecular weight is 317 g/mol. The van der Waals surface area contributed by atoms with Crippen LogP contribution < -0.4 is 10.5 Å². The van der Waals surface area contributed by atoms with Crippen LogP contribution >= 0.6 is 0 Å². The maximum Gasteiger partial charge on any atom is 0.214 e. The summed E-state index contributed by atoms with van der Waals surface area (Å²) in [6.45, 7) is 1.33. The molecule has 3 atom stereocenters. The molecule has 0 aliphatic heterocycles. The van der Waals surface area contributed by atoms with Crippen LogP contribution in [0.25, 0.3) is 0 Å². The molecule has 5 heteroatoms. The Balaban J connectivity index is 1.72. The zero-order valence-electron chi connectivity index (χ0n) is 13.2. The molecular weight excluding hydrogens is 284 g/mol. The largest absolute Gasteiger partial charge is 0.330 e. The van der Waals surface area contributed by atoms with E-state index >= 15 is 0 Å². The summed E-state index contributed by atoms with van der Waals surface area (Å²) >= 11 is 0. The van der Waals surface area contributed by atoms with Gasteiger partial charge in [-0.1, -0.05) is 38.5 Å². The Labute approximate surface area is 130 Å².